The van der Waals surface area contributed by atoms with Crippen LogP contribution >= 0.6 is 0 Å². The number of likely N-dealkylation sites (tertiary alicyclic amines) is 1. The fourth-order valence-electron chi connectivity index (χ4n) is 3.49. The lowest BCUT2D eigenvalue weighted by atomic mass is 9.91. The molecule has 0 saturated carbocycles. The zero-order valence-electron chi connectivity index (χ0n) is 13.3. The maximum atomic E-state index is 3.72. The Balaban J connectivity index is 2.00. The molecular formula is C18H30N2. The highest BCUT2D eigenvalue weighted by molar-refractivity contribution is 5.19. The van der Waals surface area contributed by atoms with E-state index in [0.29, 0.717) is 6.04 Å². The van der Waals surface area contributed by atoms with Gasteiger partial charge in [0.25, 0.3) is 0 Å². The molecule has 1 aliphatic heterocycles. The van der Waals surface area contributed by atoms with Crippen molar-refractivity contribution in [3.63, 3.8) is 0 Å². The third-order valence-corrected chi connectivity index (χ3v) is 4.23. The van der Waals surface area contributed by atoms with Crippen LogP contribution < -0.4 is 5.32 Å². The van der Waals surface area contributed by atoms with Gasteiger partial charge in [-0.3, -0.25) is 0 Å². The van der Waals surface area contributed by atoms with Crippen molar-refractivity contribution in [3.8, 4) is 0 Å². The van der Waals surface area contributed by atoms with Crippen LogP contribution in [0.25, 0.3) is 0 Å². The molecule has 0 radical (unpaired) electrons. The molecule has 0 aliphatic carbocycles. The Morgan fingerprint density at radius 3 is 2.40 bits per heavy atom. The normalized spacial score (nSPS) is 25.6. The van der Waals surface area contributed by atoms with Crippen molar-refractivity contribution >= 4 is 0 Å². The summed E-state index contributed by atoms with van der Waals surface area (Å²) in [7, 11) is 0. The summed E-state index contributed by atoms with van der Waals surface area (Å²) in [5.74, 6) is 1.67. The number of hydrogen-bond acceptors (Lipinski definition) is 2. The average Bonchev–Trinajstić information content (AvgIpc) is 2.43. The maximum Gasteiger partial charge on any atom is 0.0449 e. The summed E-state index contributed by atoms with van der Waals surface area (Å²) in [4.78, 5) is 2.65. The molecule has 1 fully saturated rings. The van der Waals surface area contributed by atoms with Crippen molar-refractivity contribution in [1.29, 1.82) is 0 Å². The minimum Gasteiger partial charge on any atom is -0.309 e. The lowest BCUT2D eigenvalue weighted by Crippen LogP contribution is -2.43. The number of hydrogen-bond donors (Lipinski definition) is 1. The van der Waals surface area contributed by atoms with Gasteiger partial charge < -0.3 is 10.2 Å². The van der Waals surface area contributed by atoms with E-state index in [1.54, 1.807) is 0 Å². The van der Waals surface area contributed by atoms with Gasteiger partial charge in [-0.1, -0.05) is 51.1 Å². The summed E-state index contributed by atoms with van der Waals surface area (Å²) in [5, 5.41) is 3.72. The van der Waals surface area contributed by atoms with Gasteiger partial charge in [0.15, 0.2) is 0 Å². The molecule has 0 amide bonds. The van der Waals surface area contributed by atoms with Gasteiger partial charge >= 0.3 is 0 Å². The number of piperidine rings is 1. The zero-order valence-corrected chi connectivity index (χ0v) is 13.3. The number of rotatable bonds is 6. The van der Waals surface area contributed by atoms with Gasteiger partial charge in [-0.2, -0.15) is 0 Å². The number of nitrogens with zero attached hydrogens (tertiary/aromatic N) is 1. The van der Waals surface area contributed by atoms with Gasteiger partial charge in [-0.25, -0.2) is 0 Å². The molecule has 3 atom stereocenters. The van der Waals surface area contributed by atoms with Gasteiger partial charge in [0.2, 0.25) is 0 Å². The van der Waals surface area contributed by atoms with E-state index >= 15 is 0 Å². The molecule has 1 saturated heterocycles. The molecule has 3 unspecified atom stereocenters. The first-order valence-corrected chi connectivity index (χ1v) is 8.19. The Labute approximate surface area is 124 Å². The van der Waals surface area contributed by atoms with Crippen LogP contribution in [0.5, 0.6) is 0 Å². The molecule has 2 heteroatoms. The van der Waals surface area contributed by atoms with Crippen molar-refractivity contribution in [3.05, 3.63) is 35.9 Å². The SMILES string of the molecule is CCCNC(CN1CC(C)CC(C)C1)c1ccccc1. The first-order chi connectivity index (χ1) is 9.69. The molecule has 1 aromatic carbocycles. The van der Waals surface area contributed by atoms with E-state index in [2.05, 4.69) is 61.3 Å². The van der Waals surface area contributed by atoms with E-state index in [9.17, 15) is 0 Å². The van der Waals surface area contributed by atoms with Crippen molar-refractivity contribution < 1.29 is 0 Å². The van der Waals surface area contributed by atoms with Gasteiger partial charge in [0.1, 0.15) is 0 Å². The van der Waals surface area contributed by atoms with Gasteiger partial charge in [0.05, 0.1) is 0 Å². The predicted molar refractivity (Wildman–Crippen MR) is 86.9 cm³/mol. The van der Waals surface area contributed by atoms with Crippen LogP contribution in [-0.4, -0.2) is 31.1 Å². The second-order valence-corrected chi connectivity index (χ2v) is 6.58. The number of benzene rings is 1. The lowest BCUT2D eigenvalue weighted by Gasteiger charge is -2.37. The van der Waals surface area contributed by atoms with E-state index in [4.69, 9.17) is 0 Å². The van der Waals surface area contributed by atoms with Crippen molar-refractivity contribution in [2.45, 2.75) is 39.7 Å². The third kappa shape index (κ3) is 4.60. The summed E-state index contributed by atoms with van der Waals surface area (Å²) in [6, 6.07) is 11.4. The third-order valence-electron chi connectivity index (χ3n) is 4.23. The van der Waals surface area contributed by atoms with Crippen LogP contribution in [0.1, 0.15) is 45.2 Å². The summed E-state index contributed by atoms with van der Waals surface area (Å²) >= 11 is 0. The largest absolute Gasteiger partial charge is 0.309 e. The Bertz CT molecular complexity index is 366. The Kier molecular flexibility index (Phi) is 6.06. The van der Waals surface area contributed by atoms with Crippen LogP contribution in [0.15, 0.2) is 30.3 Å². The fourth-order valence-corrected chi connectivity index (χ4v) is 3.49. The molecule has 2 rings (SSSR count). The van der Waals surface area contributed by atoms with Crippen LogP contribution in [0.3, 0.4) is 0 Å². The Morgan fingerprint density at radius 1 is 1.15 bits per heavy atom. The molecule has 112 valence electrons. The molecule has 1 aromatic rings. The van der Waals surface area contributed by atoms with Crippen LogP contribution in [0, 0.1) is 11.8 Å². The molecule has 1 heterocycles. The first-order valence-electron chi connectivity index (χ1n) is 8.19. The second-order valence-electron chi connectivity index (χ2n) is 6.58. The molecule has 2 nitrogen and oxygen atoms in total. The highest BCUT2D eigenvalue weighted by Gasteiger charge is 2.24. The van der Waals surface area contributed by atoms with E-state index in [1.807, 2.05) is 0 Å². The van der Waals surface area contributed by atoms with Gasteiger partial charge in [-0.05, 0) is 36.8 Å². The maximum absolute atomic E-state index is 3.72. The fraction of sp³-hybridized carbons (Fsp3) is 0.667. The summed E-state index contributed by atoms with van der Waals surface area (Å²) in [5.41, 5.74) is 1.42. The molecule has 1 N–H and O–H groups in total. The molecule has 20 heavy (non-hydrogen) atoms. The van der Waals surface area contributed by atoms with Gasteiger partial charge in [0, 0.05) is 25.7 Å². The van der Waals surface area contributed by atoms with E-state index < -0.39 is 0 Å². The van der Waals surface area contributed by atoms with Crippen molar-refractivity contribution in [2.75, 3.05) is 26.2 Å². The molecule has 1 aliphatic rings. The topological polar surface area (TPSA) is 15.3 Å². The predicted octanol–water partition coefficient (Wildman–Crippen LogP) is 3.71. The number of nitrogens with one attached hydrogen (secondary N) is 1. The van der Waals surface area contributed by atoms with Gasteiger partial charge in [-0.15, -0.1) is 0 Å². The monoisotopic (exact) mass is 274 g/mol. The van der Waals surface area contributed by atoms with Crippen LogP contribution in [-0.2, 0) is 0 Å². The Morgan fingerprint density at radius 2 is 1.80 bits per heavy atom. The molecular weight excluding hydrogens is 244 g/mol. The van der Waals surface area contributed by atoms with E-state index in [1.165, 1.54) is 31.5 Å². The minimum atomic E-state index is 0.466. The highest BCUT2D eigenvalue weighted by Crippen LogP contribution is 2.23. The highest BCUT2D eigenvalue weighted by atomic mass is 15.2. The Hall–Kier alpha value is -0.860. The average molecular weight is 274 g/mol. The standard InChI is InChI=1S/C18H30N2/c1-4-10-19-18(17-8-6-5-7-9-17)14-20-12-15(2)11-16(3)13-20/h5-9,15-16,18-19H,4,10-14H2,1-3H3. The van der Waals surface area contributed by atoms with Crippen LogP contribution in [0.4, 0.5) is 0 Å². The summed E-state index contributed by atoms with van der Waals surface area (Å²) in [6.07, 6.45) is 2.57. The van der Waals surface area contributed by atoms with Crippen LogP contribution in [0.2, 0.25) is 0 Å². The molecule has 0 aromatic heterocycles. The van der Waals surface area contributed by atoms with Crippen molar-refractivity contribution in [1.82, 2.24) is 10.2 Å². The van der Waals surface area contributed by atoms with E-state index in [-0.39, 0.29) is 0 Å². The van der Waals surface area contributed by atoms with E-state index in [0.717, 1.165) is 24.9 Å². The first kappa shape index (κ1) is 15.5. The molecule has 0 spiro atoms. The quantitative estimate of drug-likeness (QED) is 0.851. The summed E-state index contributed by atoms with van der Waals surface area (Å²) < 4.78 is 0. The zero-order chi connectivity index (χ0) is 14.4. The lowest BCUT2D eigenvalue weighted by molar-refractivity contribution is 0.128. The summed E-state index contributed by atoms with van der Waals surface area (Å²) in [6.45, 7) is 11.7. The minimum absolute atomic E-state index is 0.466. The molecule has 0 bridgehead atoms. The smallest absolute Gasteiger partial charge is 0.0449 e. The van der Waals surface area contributed by atoms with Crippen molar-refractivity contribution in [2.24, 2.45) is 11.8 Å². The second kappa shape index (κ2) is 7.80.